The minimum Gasteiger partial charge on any atom is -0.453 e. The molecule has 1 amide bonds. The van der Waals surface area contributed by atoms with Crippen molar-refractivity contribution >= 4 is 38.7 Å². The van der Waals surface area contributed by atoms with Crippen molar-refractivity contribution in [3.63, 3.8) is 0 Å². The third kappa shape index (κ3) is 4.10. The second kappa shape index (κ2) is 8.21. The van der Waals surface area contributed by atoms with Gasteiger partial charge in [-0.05, 0) is 36.6 Å². The van der Waals surface area contributed by atoms with Crippen LogP contribution in [0.5, 0.6) is 11.5 Å². The maximum atomic E-state index is 14.1. The quantitative estimate of drug-likeness (QED) is 0.584. The van der Waals surface area contributed by atoms with E-state index in [2.05, 4.69) is 11.1 Å². The monoisotopic (exact) mass is 411 g/mol. The van der Waals surface area contributed by atoms with Gasteiger partial charge in [-0.1, -0.05) is 13.0 Å². The van der Waals surface area contributed by atoms with Gasteiger partial charge >= 0.3 is 0 Å². The number of thiophene rings is 1. The fraction of sp³-hybridized carbons (Fsp3) is 0.273. The lowest BCUT2D eigenvalue weighted by Gasteiger charge is -2.26. The van der Waals surface area contributed by atoms with E-state index in [4.69, 9.17) is 10.5 Å². The number of nitrogens with zero attached hydrogens (tertiary/aromatic N) is 2. The molecule has 0 unspecified atom stereocenters. The summed E-state index contributed by atoms with van der Waals surface area (Å²) in [6.07, 6.45) is 6.04. The number of pyridine rings is 1. The number of nitrogen functional groups attached to an aromatic ring is 1. The van der Waals surface area contributed by atoms with Crippen molar-refractivity contribution in [2.45, 2.75) is 26.2 Å². The van der Waals surface area contributed by atoms with Crippen molar-refractivity contribution in [3.8, 4) is 11.5 Å². The van der Waals surface area contributed by atoms with Gasteiger partial charge in [0.2, 0.25) is 5.91 Å². The van der Waals surface area contributed by atoms with E-state index in [0.717, 1.165) is 34.5 Å². The Kier molecular flexibility index (Phi) is 5.49. The fourth-order valence-electron chi connectivity index (χ4n) is 3.36. The van der Waals surface area contributed by atoms with Gasteiger partial charge in [0.05, 0.1) is 10.2 Å². The van der Waals surface area contributed by atoms with Crippen LogP contribution in [0.15, 0.2) is 42.6 Å². The van der Waals surface area contributed by atoms with E-state index < -0.39 is 5.82 Å². The molecule has 1 aromatic carbocycles. The lowest BCUT2D eigenvalue weighted by molar-refractivity contribution is -0.130. The number of carbonyl (C=O) groups is 1. The lowest BCUT2D eigenvalue weighted by Crippen LogP contribution is -2.34. The summed E-state index contributed by atoms with van der Waals surface area (Å²) in [5, 5.41) is 0. The molecule has 0 spiro atoms. The number of fused-ring (bicyclic) bond motifs is 1. The molecule has 5 nitrogen and oxygen atoms in total. The molecular weight excluding hydrogens is 389 g/mol. The molecule has 7 heteroatoms. The van der Waals surface area contributed by atoms with Crippen molar-refractivity contribution in [1.82, 2.24) is 9.88 Å². The van der Waals surface area contributed by atoms with Gasteiger partial charge in [0.15, 0.2) is 11.6 Å². The first kappa shape index (κ1) is 19.4. The first-order chi connectivity index (χ1) is 14.0. The Morgan fingerprint density at radius 3 is 2.90 bits per heavy atom. The number of aromatic nitrogens is 1. The molecule has 2 aromatic heterocycles. The SMILES string of the molecule is CCCC(=O)N1CC=C(c2cc3nccc(Oc4ccc(N)cc4F)c3s2)CC1. The predicted molar refractivity (Wildman–Crippen MR) is 115 cm³/mol. The number of ether oxygens (including phenoxy) is 1. The summed E-state index contributed by atoms with van der Waals surface area (Å²) in [6.45, 7) is 3.38. The topological polar surface area (TPSA) is 68.5 Å². The van der Waals surface area contributed by atoms with Gasteiger partial charge in [0.25, 0.3) is 0 Å². The van der Waals surface area contributed by atoms with Gasteiger partial charge in [-0.3, -0.25) is 9.78 Å². The Bertz CT molecular complexity index is 1090. The van der Waals surface area contributed by atoms with E-state index in [1.165, 1.54) is 17.7 Å². The molecule has 1 aliphatic heterocycles. The van der Waals surface area contributed by atoms with Crippen LogP contribution in [0.4, 0.5) is 10.1 Å². The molecule has 0 fully saturated rings. The van der Waals surface area contributed by atoms with Crippen LogP contribution in [0, 0.1) is 5.82 Å². The summed E-state index contributed by atoms with van der Waals surface area (Å²) in [4.78, 5) is 19.5. The summed E-state index contributed by atoms with van der Waals surface area (Å²) in [5.74, 6) is 0.398. The van der Waals surface area contributed by atoms with Gasteiger partial charge < -0.3 is 15.4 Å². The van der Waals surface area contributed by atoms with E-state index in [0.29, 0.717) is 24.4 Å². The summed E-state index contributed by atoms with van der Waals surface area (Å²) in [5.41, 5.74) is 7.97. The van der Waals surface area contributed by atoms with Crippen molar-refractivity contribution < 1.29 is 13.9 Å². The first-order valence-electron chi connectivity index (χ1n) is 9.63. The summed E-state index contributed by atoms with van der Waals surface area (Å²) >= 11 is 1.57. The summed E-state index contributed by atoms with van der Waals surface area (Å²) in [7, 11) is 0. The summed E-state index contributed by atoms with van der Waals surface area (Å²) < 4.78 is 20.8. The Morgan fingerprint density at radius 1 is 1.31 bits per heavy atom. The van der Waals surface area contributed by atoms with Crippen LogP contribution in [0.25, 0.3) is 15.8 Å². The highest BCUT2D eigenvalue weighted by Crippen LogP contribution is 2.39. The van der Waals surface area contributed by atoms with Crippen molar-refractivity contribution in [2.75, 3.05) is 18.8 Å². The van der Waals surface area contributed by atoms with E-state index in [-0.39, 0.29) is 11.7 Å². The molecular formula is C22H22FN3O2S. The number of halogens is 1. The van der Waals surface area contributed by atoms with Crippen LogP contribution < -0.4 is 10.5 Å². The number of carbonyl (C=O) groups excluding carboxylic acids is 1. The zero-order chi connectivity index (χ0) is 20.4. The molecule has 0 bridgehead atoms. The van der Waals surface area contributed by atoms with Gasteiger partial charge in [0, 0.05) is 48.4 Å². The number of hydrogen-bond acceptors (Lipinski definition) is 5. The van der Waals surface area contributed by atoms with Crippen molar-refractivity contribution in [3.05, 3.63) is 53.3 Å². The normalized spacial score (nSPS) is 14.1. The van der Waals surface area contributed by atoms with Gasteiger partial charge in [-0.25, -0.2) is 4.39 Å². The Balaban J connectivity index is 1.59. The first-order valence-corrected chi connectivity index (χ1v) is 10.5. The average Bonchev–Trinajstić information content (AvgIpc) is 3.16. The molecule has 0 radical (unpaired) electrons. The van der Waals surface area contributed by atoms with Crippen molar-refractivity contribution in [1.29, 1.82) is 0 Å². The standard InChI is InChI=1S/C22H22FN3O2S/c1-2-3-21(27)26-10-7-14(8-11-26)20-13-17-22(29-20)19(6-9-25-17)28-18-5-4-15(24)12-16(18)23/h4-7,9,12-13H,2-3,8,10-11,24H2,1H3. The molecule has 0 aliphatic carbocycles. The van der Waals surface area contributed by atoms with E-state index in [9.17, 15) is 9.18 Å². The highest BCUT2D eigenvalue weighted by Gasteiger charge is 2.19. The van der Waals surface area contributed by atoms with E-state index in [1.54, 1.807) is 29.7 Å². The van der Waals surface area contributed by atoms with Gasteiger partial charge in [-0.15, -0.1) is 11.3 Å². The predicted octanol–water partition coefficient (Wildman–Crippen LogP) is 5.23. The molecule has 29 heavy (non-hydrogen) atoms. The van der Waals surface area contributed by atoms with Crippen LogP contribution in [0.2, 0.25) is 0 Å². The molecule has 150 valence electrons. The largest absolute Gasteiger partial charge is 0.453 e. The fourth-order valence-corrected chi connectivity index (χ4v) is 4.50. The maximum Gasteiger partial charge on any atom is 0.222 e. The maximum absolute atomic E-state index is 14.1. The minimum atomic E-state index is -0.501. The Labute approximate surface area is 172 Å². The minimum absolute atomic E-state index is 0.128. The molecule has 0 saturated heterocycles. The number of rotatable bonds is 5. The van der Waals surface area contributed by atoms with Crippen LogP contribution in [-0.4, -0.2) is 28.9 Å². The molecule has 2 N–H and O–H groups in total. The van der Waals surface area contributed by atoms with Crippen LogP contribution in [0.3, 0.4) is 0 Å². The van der Waals surface area contributed by atoms with Crippen LogP contribution >= 0.6 is 11.3 Å². The number of anilines is 1. The van der Waals surface area contributed by atoms with Gasteiger partial charge in [0.1, 0.15) is 5.75 Å². The molecule has 0 saturated carbocycles. The van der Waals surface area contributed by atoms with E-state index in [1.807, 2.05) is 17.9 Å². The molecule has 4 rings (SSSR count). The van der Waals surface area contributed by atoms with Crippen molar-refractivity contribution in [2.24, 2.45) is 0 Å². The van der Waals surface area contributed by atoms with Crippen LogP contribution in [0.1, 0.15) is 31.1 Å². The van der Waals surface area contributed by atoms with E-state index >= 15 is 0 Å². The summed E-state index contributed by atoms with van der Waals surface area (Å²) in [6, 6.07) is 8.14. The smallest absolute Gasteiger partial charge is 0.222 e. The zero-order valence-electron chi connectivity index (χ0n) is 16.2. The molecule has 0 atom stereocenters. The number of amides is 1. The second-order valence-corrected chi connectivity index (χ2v) is 8.05. The van der Waals surface area contributed by atoms with Gasteiger partial charge in [-0.2, -0.15) is 0 Å². The third-order valence-electron chi connectivity index (χ3n) is 4.89. The average molecular weight is 412 g/mol. The third-order valence-corrected chi connectivity index (χ3v) is 6.11. The Hall–Kier alpha value is -2.93. The molecule has 3 heterocycles. The molecule has 1 aliphatic rings. The zero-order valence-corrected chi connectivity index (χ0v) is 17.0. The highest BCUT2D eigenvalue weighted by molar-refractivity contribution is 7.20. The number of benzene rings is 1. The number of nitrogens with two attached hydrogens (primary N) is 1. The second-order valence-electron chi connectivity index (χ2n) is 7.00. The Morgan fingerprint density at radius 2 is 2.17 bits per heavy atom. The number of hydrogen-bond donors (Lipinski definition) is 1. The highest BCUT2D eigenvalue weighted by atomic mass is 32.1. The lowest BCUT2D eigenvalue weighted by atomic mass is 10.1. The van der Waals surface area contributed by atoms with Crippen LogP contribution in [-0.2, 0) is 4.79 Å². The molecule has 3 aromatic rings.